The van der Waals surface area contributed by atoms with E-state index in [0.29, 0.717) is 6.42 Å². The number of rotatable bonds is 4. The molecule has 0 rings (SSSR count). The standard InChI is InChI=1S/C6H15O4P/c1-5-6(2,7)11(8,9-3)10-4/h7H,5H2,1-4H3. The highest BCUT2D eigenvalue weighted by Gasteiger charge is 2.42. The van der Waals surface area contributed by atoms with Crippen LogP contribution < -0.4 is 0 Å². The van der Waals surface area contributed by atoms with Gasteiger partial charge in [-0.05, 0) is 13.3 Å². The van der Waals surface area contributed by atoms with Crippen molar-refractivity contribution in [2.24, 2.45) is 0 Å². The maximum absolute atomic E-state index is 11.5. The van der Waals surface area contributed by atoms with Gasteiger partial charge in [0, 0.05) is 14.2 Å². The molecule has 0 aliphatic rings. The highest BCUT2D eigenvalue weighted by Crippen LogP contribution is 2.58. The molecule has 11 heavy (non-hydrogen) atoms. The van der Waals surface area contributed by atoms with Gasteiger partial charge in [0.2, 0.25) is 0 Å². The Kier molecular flexibility index (Phi) is 3.71. The summed E-state index contributed by atoms with van der Waals surface area (Å²) < 4.78 is 20.8. The van der Waals surface area contributed by atoms with E-state index in [-0.39, 0.29) is 0 Å². The molecule has 0 aliphatic heterocycles. The lowest BCUT2D eigenvalue weighted by Crippen LogP contribution is -2.24. The van der Waals surface area contributed by atoms with Crippen molar-refractivity contribution in [1.82, 2.24) is 0 Å². The zero-order valence-electron chi connectivity index (χ0n) is 7.33. The molecule has 1 N–H and O–H groups in total. The zero-order chi connectivity index (χ0) is 9.12. The summed E-state index contributed by atoms with van der Waals surface area (Å²) in [6.07, 6.45) is 0.325. The molecule has 0 aromatic heterocycles. The van der Waals surface area contributed by atoms with Crippen LogP contribution in [-0.2, 0) is 13.6 Å². The lowest BCUT2D eigenvalue weighted by atomic mass is 10.3. The van der Waals surface area contributed by atoms with Crippen LogP contribution in [0.5, 0.6) is 0 Å². The van der Waals surface area contributed by atoms with Gasteiger partial charge < -0.3 is 14.2 Å². The maximum atomic E-state index is 11.5. The molecule has 4 nitrogen and oxygen atoms in total. The Hall–Kier alpha value is 0.110. The zero-order valence-corrected chi connectivity index (χ0v) is 8.22. The molecule has 0 saturated heterocycles. The van der Waals surface area contributed by atoms with E-state index in [0.717, 1.165) is 0 Å². The summed E-state index contributed by atoms with van der Waals surface area (Å²) in [6, 6.07) is 0. The predicted molar refractivity (Wildman–Crippen MR) is 42.5 cm³/mol. The van der Waals surface area contributed by atoms with Crippen LogP contribution in [0.4, 0.5) is 0 Å². The van der Waals surface area contributed by atoms with Gasteiger partial charge in [0.05, 0.1) is 0 Å². The Morgan fingerprint density at radius 2 is 1.82 bits per heavy atom. The van der Waals surface area contributed by atoms with Gasteiger partial charge >= 0.3 is 7.60 Å². The minimum atomic E-state index is -3.33. The van der Waals surface area contributed by atoms with Gasteiger partial charge in [0.15, 0.2) is 5.34 Å². The smallest absolute Gasteiger partial charge is 0.361 e. The Morgan fingerprint density at radius 3 is 1.91 bits per heavy atom. The van der Waals surface area contributed by atoms with Crippen molar-refractivity contribution >= 4 is 7.60 Å². The van der Waals surface area contributed by atoms with Crippen LogP contribution in [0.3, 0.4) is 0 Å². The van der Waals surface area contributed by atoms with Crippen LogP contribution in [0, 0.1) is 0 Å². The number of aliphatic hydroxyl groups is 1. The molecule has 0 aromatic rings. The van der Waals surface area contributed by atoms with E-state index in [4.69, 9.17) is 0 Å². The second kappa shape index (κ2) is 3.68. The summed E-state index contributed by atoms with van der Waals surface area (Å²) >= 11 is 0. The Bertz CT molecular complexity index is 158. The normalized spacial score (nSPS) is 17.9. The summed E-state index contributed by atoms with van der Waals surface area (Å²) in [5.41, 5.74) is 0. The lowest BCUT2D eigenvalue weighted by Gasteiger charge is -2.28. The van der Waals surface area contributed by atoms with Crippen molar-refractivity contribution in [3.8, 4) is 0 Å². The van der Waals surface area contributed by atoms with Crippen molar-refractivity contribution in [3.05, 3.63) is 0 Å². The van der Waals surface area contributed by atoms with Crippen molar-refractivity contribution in [2.45, 2.75) is 25.6 Å². The Morgan fingerprint density at radius 1 is 1.45 bits per heavy atom. The first-order chi connectivity index (χ1) is 4.93. The fourth-order valence-electron chi connectivity index (χ4n) is 0.662. The summed E-state index contributed by atoms with van der Waals surface area (Å²) in [4.78, 5) is 0. The number of hydrogen-bond acceptors (Lipinski definition) is 4. The van der Waals surface area contributed by atoms with Crippen LogP contribution in [0.15, 0.2) is 0 Å². The van der Waals surface area contributed by atoms with Crippen LogP contribution in [-0.4, -0.2) is 24.7 Å². The van der Waals surface area contributed by atoms with E-state index in [1.165, 1.54) is 21.1 Å². The summed E-state index contributed by atoms with van der Waals surface area (Å²) in [6.45, 7) is 3.14. The topological polar surface area (TPSA) is 55.8 Å². The molecule has 0 radical (unpaired) electrons. The van der Waals surface area contributed by atoms with Gasteiger partial charge in [-0.15, -0.1) is 0 Å². The second-order valence-corrected chi connectivity index (χ2v) is 5.12. The molecule has 0 spiro atoms. The van der Waals surface area contributed by atoms with Crippen LogP contribution in [0.1, 0.15) is 20.3 Å². The second-order valence-electron chi connectivity index (χ2n) is 2.43. The van der Waals surface area contributed by atoms with Gasteiger partial charge in [-0.3, -0.25) is 4.57 Å². The van der Waals surface area contributed by atoms with E-state index < -0.39 is 12.9 Å². The highest BCUT2D eigenvalue weighted by molar-refractivity contribution is 7.55. The molecule has 0 aromatic carbocycles. The molecule has 0 heterocycles. The van der Waals surface area contributed by atoms with Crippen LogP contribution >= 0.6 is 7.60 Å². The van der Waals surface area contributed by atoms with Crippen molar-refractivity contribution in [1.29, 1.82) is 0 Å². The highest BCUT2D eigenvalue weighted by atomic mass is 31.2. The molecule has 0 bridgehead atoms. The first-order valence-corrected chi connectivity index (χ1v) is 4.91. The molecule has 0 saturated carbocycles. The summed E-state index contributed by atoms with van der Waals surface area (Å²) in [7, 11) is -0.812. The van der Waals surface area contributed by atoms with Gasteiger partial charge in [-0.25, -0.2) is 0 Å². The van der Waals surface area contributed by atoms with Crippen molar-refractivity contribution in [3.63, 3.8) is 0 Å². The molecule has 5 heteroatoms. The lowest BCUT2D eigenvalue weighted by molar-refractivity contribution is 0.0910. The average molecular weight is 182 g/mol. The first kappa shape index (κ1) is 11.1. The minimum Gasteiger partial charge on any atom is -0.378 e. The molecular formula is C6H15O4P. The average Bonchev–Trinajstić information content (AvgIpc) is 2.02. The van der Waals surface area contributed by atoms with Gasteiger partial charge in [-0.2, -0.15) is 0 Å². The summed E-state index contributed by atoms with van der Waals surface area (Å²) in [5, 5.41) is 8.14. The molecule has 0 aliphatic carbocycles. The Balaban J connectivity index is 4.63. The van der Waals surface area contributed by atoms with Gasteiger partial charge in [-0.1, -0.05) is 6.92 Å². The van der Waals surface area contributed by atoms with Crippen LogP contribution in [0.25, 0.3) is 0 Å². The van der Waals surface area contributed by atoms with Gasteiger partial charge in [0.25, 0.3) is 0 Å². The molecule has 0 amide bonds. The van der Waals surface area contributed by atoms with Gasteiger partial charge in [0.1, 0.15) is 0 Å². The molecule has 68 valence electrons. The predicted octanol–water partition coefficient (Wildman–Crippen LogP) is 1.59. The third-order valence-corrected chi connectivity index (χ3v) is 4.20. The van der Waals surface area contributed by atoms with E-state index in [2.05, 4.69) is 9.05 Å². The Labute approximate surface area is 67.0 Å². The third-order valence-electron chi connectivity index (χ3n) is 1.74. The SMILES string of the molecule is CCC(C)(O)P(=O)(OC)OC. The first-order valence-electron chi connectivity index (χ1n) is 3.37. The molecule has 0 fully saturated rings. The molecular weight excluding hydrogens is 167 g/mol. The molecule has 1 atom stereocenters. The van der Waals surface area contributed by atoms with E-state index in [1.807, 2.05) is 0 Å². The van der Waals surface area contributed by atoms with E-state index >= 15 is 0 Å². The molecule has 1 unspecified atom stereocenters. The van der Waals surface area contributed by atoms with Crippen LogP contribution in [0.2, 0.25) is 0 Å². The van der Waals surface area contributed by atoms with E-state index in [9.17, 15) is 9.67 Å². The minimum absolute atomic E-state index is 0.325. The fraction of sp³-hybridized carbons (Fsp3) is 1.00. The van der Waals surface area contributed by atoms with Crippen molar-refractivity contribution in [2.75, 3.05) is 14.2 Å². The quantitative estimate of drug-likeness (QED) is 0.671. The number of hydrogen-bond donors (Lipinski definition) is 1. The summed E-state index contributed by atoms with van der Waals surface area (Å²) in [5.74, 6) is 0. The fourth-order valence-corrected chi connectivity index (χ4v) is 1.98. The maximum Gasteiger partial charge on any atom is 0.361 e. The monoisotopic (exact) mass is 182 g/mol. The largest absolute Gasteiger partial charge is 0.378 e. The van der Waals surface area contributed by atoms with Crippen molar-refractivity contribution < 1.29 is 18.7 Å². The third kappa shape index (κ3) is 2.03. The van der Waals surface area contributed by atoms with E-state index in [1.54, 1.807) is 6.92 Å².